The number of nitro groups is 1. The fourth-order valence-electron chi connectivity index (χ4n) is 1.54. The van der Waals surface area contributed by atoms with Crippen molar-refractivity contribution in [3.63, 3.8) is 0 Å². The fraction of sp³-hybridized carbons (Fsp3) is 0.700. The predicted octanol–water partition coefficient (Wildman–Crippen LogP) is 1.98. The summed E-state index contributed by atoms with van der Waals surface area (Å²) in [6.45, 7) is 3.54. The van der Waals surface area contributed by atoms with Crippen LogP contribution in [-0.4, -0.2) is 21.3 Å². The second-order valence-corrected chi connectivity index (χ2v) is 3.80. The van der Waals surface area contributed by atoms with Crippen LogP contribution in [0.25, 0.3) is 0 Å². The summed E-state index contributed by atoms with van der Waals surface area (Å²) in [5.41, 5.74) is 0.137. The first-order valence-electron chi connectivity index (χ1n) is 5.33. The summed E-state index contributed by atoms with van der Waals surface area (Å²) in [4.78, 5) is 10.2. The van der Waals surface area contributed by atoms with Crippen LogP contribution < -0.4 is 0 Å². The minimum Gasteiger partial charge on any atom is -0.393 e. The quantitative estimate of drug-likeness (QED) is 0.594. The Morgan fingerprint density at radius 2 is 2.31 bits per heavy atom. The molecule has 0 unspecified atom stereocenters. The molecule has 6 nitrogen and oxygen atoms in total. The van der Waals surface area contributed by atoms with Crippen molar-refractivity contribution in [1.29, 1.82) is 0 Å². The molecule has 0 saturated heterocycles. The van der Waals surface area contributed by atoms with Crippen molar-refractivity contribution < 1.29 is 14.6 Å². The van der Waals surface area contributed by atoms with E-state index in [0.29, 0.717) is 6.42 Å². The highest BCUT2D eigenvalue weighted by molar-refractivity contribution is 5.37. The van der Waals surface area contributed by atoms with Gasteiger partial charge in [-0.15, -0.1) is 0 Å². The van der Waals surface area contributed by atoms with Gasteiger partial charge >= 0.3 is 5.69 Å². The molecular weight excluding hydrogens is 212 g/mol. The summed E-state index contributed by atoms with van der Waals surface area (Å²) < 4.78 is 4.86. The summed E-state index contributed by atoms with van der Waals surface area (Å²) in [7, 11) is 0. The zero-order valence-corrected chi connectivity index (χ0v) is 9.47. The Balaban J connectivity index is 2.70. The second kappa shape index (κ2) is 5.60. The lowest BCUT2D eigenvalue weighted by Gasteiger charge is -2.06. The molecule has 6 heteroatoms. The average molecular weight is 228 g/mol. The second-order valence-electron chi connectivity index (χ2n) is 3.80. The molecule has 0 aliphatic heterocycles. The Morgan fingerprint density at radius 1 is 1.62 bits per heavy atom. The predicted molar refractivity (Wildman–Crippen MR) is 57.1 cm³/mol. The SMILES string of the molecule is CCCC[C@H](O)Cc1onc(C)c1[N+](=O)[O-]. The Bertz CT molecular complexity index is 362. The van der Waals surface area contributed by atoms with E-state index in [1.54, 1.807) is 0 Å². The van der Waals surface area contributed by atoms with Crippen molar-refractivity contribution in [2.75, 3.05) is 0 Å². The van der Waals surface area contributed by atoms with Crippen LogP contribution in [0.15, 0.2) is 4.52 Å². The molecule has 0 saturated carbocycles. The van der Waals surface area contributed by atoms with Crippen LogP contribution in [0.1, 0.15) is 37.6 Å². The van der Waals surface area contributed by atoms with Gasteiger partial charge in [0.15, 0.2) is 5.69 Å². The molecule has 16 heavy (non-hydrogen) atoms. The number of aliphatic hydroxyl groups excluding tert-OH is 1. The first kappa shape index (κ1) is 12.6. The van der Waals surface area contributed by atoms with Crippen molar-refractivity contribution in [1.82, 2.24) is 5.16 Å². The molecule has 0 bridgehead atoms. The van der Waals surface area contributed by atoms with Crippen LogP contribution in [0.5, 0.6) is 0 Å². The van der Waals surface area contributed by atoms with E-state index in [1.807, 2.05) is 6.92 Å². The summed E-state index contributed by atoms with van der Waals surface area (Å²) in [6, 6.07) is 0. The number of aromatic nitrogens is 1. The Hall–Kier alpha value is -1.43. The number of rotatable bonds is 6. The van der Waals surface area contributed by atoms with Gasteiger partial charge in [0, 0.05) is 6.42 Å². The van der Waals surface area contributed by atoms with Crippen LogP contribution >= 0.6 is 0 Å². The third-order valence-electron chi connectivity index (χ3n) is 2.39. The number of aliphatic hydroxyl groups is 1. The van der Waals surface area contributed by atoms with Gasteiger partial charge in [0.25, 0.3) is 0 Å². The molecular formula is C10H16N2O4. The molecule has 1 aromatic heterocycles. The maximum atomic E-state index is 10.7. The van der Waals surface area contributed by atoms with Gasteiger partial charge in [-0.25, -0.2) is 0 Å². The van der Waals surface area contributed by atoms with Crippen LogP contribution in [0.4, 0.5) is 5.69 Å². The topological polar surface area (TPSA) is 89.4 Å². The highest BCUT2D eigenvalue weighted by atomic mass is 16.6. The molecule has 0 radical (unpaired) electrons. The number of unbranched alkanes of at least 4 members (excludes halogenated alkanes) is 1. The zero-order valence-electron chi connectivity index (χ0n) is 9.47. The van der Waals surface area contributed by atoms with Gasteiger partial charge in [0.05, 0.1) is 11.0 Å². The van der Waals surface area contributed by atoms with Crippen LogP contribution in [0.3, 0.4) is 0 Å². The Labute approximate surface area is 93.4 Å². The van der Waals surface area contributed by atoms with Crippen molar-refractivity contribution in [2.45, 2.75) is 45.6 Å². The van der Waals surface area contributed by atoms with Crippen LogP contribution in [0, 0.1) is 17.0 Å². The van der Waals surface area contributed by atoms with Crippen molar-refractivity contribution in [3.05, 3.63) is 21.6 Å². The van der Waals surface area contributed by atoms with Gasteiger partial charge in [0.1, 0.15) is 0 Å². The van der Waals surface area contributed by atoms with Gasteiger partial charge in [0.2, 0.25) is 5.76 Å². The van der Waals surface area contributed by atoms with Gasteiger partial charge in [-0.1, -0.05) is 24.9 Å². The molecule has 0 aliphatic carbocycles. The number of nitrogens with zero attached hydrogens (tertiary/aromatic N) is 2. The summed E-state index contributed by atoms with van der Waals surface area (Å²) >= 11 is 0. The van der Waals surface area contributed by atoms with Crippen LogP contribution in [0.2, 0.25) is 0 Å². The van der Waals surface area contributed by atoms with E-state index in [4.69, 9.17) is 4.52 Å². The number of hydrogen-bond acceptors (Lipinski definition) is 5. The Morgan fingerprint density at radius 3 is 2.88 bits per heavy atom. The van der Waals surface area contributed by atoms with Crippen molar-refractivity contribution in [3.8, 4) is 0 Å². The maximum absolute atomic E-state index is 10.7. The van der Waals surface area contributed by atoms with Crippen LogP contribution in [-0.2, 0) is 6.42 Å². The zero-order chi connectivity index (χ0) is 12.1. The molecule has 1 rings (SSSR count). The smallest absolute Gasteiger partial charge is 0.334 e. The lowest BCUT2D eigenvalue weighted by Crippen LogP contribution is -2.10. The standard InChI is InChI=1S/C10H16N2O4/c1-3-4-5-8(13)6-9-10(12(14)15)7(2)11-16-9/h8,13H,3-6H2,1-2H3/t8-/m0/s1. The first-order chi connectivity index (χ1) is 7.56. The maximum Gasteiger partial charge on any atom is 0.334 e. The molecule has 0 spiro atoms. The molecule has 1 N–H and O–H groups in total. The van der Waals surface area contributed by atoms with E-state index >= 15 is 0 Å². The normalized spacial score (nSPS) is 12.7. The summed E-state index contributed by atoms with van der Waals surface area (Å²) in [5, 5.41) is 23.9. The van der Waals surface area contributed by atoms with Gasteiger partial charge in [-0.05, 0) is 13.3 Å². The minimum atomic E-state index is -0.606. The van der Waals surface area contributed by atoms with Gasteiger partial charge in [-0.2, -0.15) is 0 Å². The van der Waals surface area contributed by atoms with E-state index in [0.717, 1.165) is 12.8 Å². The van der Waals surface area contributed by atoms with Gasteiger partial charge in [-0.3, -0.25) is 10.1 Å². The van der Waals surface area contributed by atoms with E-state index in [1.165, 1.54) is 6.92 Å². The van der Waals surface area contributed by atoms with Gasteiger partial charge < -0.3 is 9.63 Å². The molecule has 0 aliphatic rings. The molecule has 1 aromatic rings. The highest BCUT2D eigenvalue weighted by Crippen LogP contribution is 2.24. The average Bonchev–Trinajstić information content (AvgIpc) is 2.56. The molecule has 1 heterocycles. The van der Waals surface area contributed by atoms with Crippen molar-refractivity contribution >= 4 is 5.69 Å². The molecule has 0 aromatic carbocycles. The third kappa shape index (κ3) is 3.03. The molecule has 0 amide bonds. The minimum absolute atomic E-state index is 0.115. The number of hydrogen-bond donors (Lipinski definition) is 1. The lowest BCUT2D eigenvalue weighted by atomic mass is 10.1. The monoisotopic (exact) mass is 228 g/mol. The summed E-state index contributed by atoms with van der Waals surface area (Å²) in [5.74, 6) is 0.158. The van der Waals surface area contributed by atoms with E-state index in [-0.39, 0.29) is 23.6 Å². The van der Waals surface area contributed by atoms with E-state index < -0.39 is 11.0 Å². The third-order valence-corrected chi connectivity index (χ3v) is 2.39. The van der Waals surface area contributed by atoms with E-state index in [2.05, 4.69) is 5.16 Å². The Kier molecular flexibility index (Phi) is 4.42. The van der Waals surface area contributed by atoms with E-state index in [9.17, 15) is 15.2 Å². The first-order valence-corrected chi connectivity index (χ1v) is 5.33. The molecule has 1 atom stereocenters. The fourth-order valence-corrected chi connectivity index (χ4v) is 1.54. The summed E-state index contributed by atoms with van der Waals surface area (Å²) in [6.07, 6.45) is 2.03. The molecule has 90 valence electrons. The van der Waals surface area contributed by atoms with Crippen molar-refractivity contribution in [2.24, 2.45) is 0 Å². The highest BCUT2D eigenvalue weighted by Gasteiger charge is 2.25. The molecule has 0 fully saturated rings. The largest absolute Gasteiger partial charge is 0.393 e. The lowest BCUT2D eigenvalue weighted by molar-refractivity contribution is -0.386. The number of aryl methyl sites for hydroxylation is 1.